The summed E-state index contributed by atoms with van der Waals surface area (Å²) in [6.07, 6.45) is 5.14. The Labute approximate surface area is 206 Å². The normalized spacial score (nSPS) is 18.6. The molecule has 12 heteroatoms. The van der Waals surface area contributed by atoms with E-state index in [4.69, 9.17) is 16.1 Å². The summed E-state index contributed by atoms with van der Waals surface area (Å²) < 4.78 is 26.0. The fraction of sp³-hybridized carbons (Fsp3) is 0.364. The maximum atomic E-state index is 11.7. The average molecular weight is 545 g/mol. The Balaban J connectivity index is 1.34. The van der Waals surface area contributed by atoms with Crippen molar-refractivity contribution in [3.05, 3.63) is 52.5 Å². The van der Waals surface area contributed by atoms with E-state index in [-0.39, 0.29) is 17.2 Å². The number of anilines is 2. The number of rotatable bonds is 5. The number of hydrogen-bond acceptors (Lipinski definition) is 9. The fourth-order valence-corrected chi connectivity index (χ4v) is 5.98. The van der Waals surface area contributed by atoms with Crippen molar-refractivity contribution >= 4 is 43.0 Å². The van der Waals surface area contributed by atoms with Crippen LogP contribution in [0, 0.1) is 5.41 Å². The van der Waals surface area contributed by atoms with Gasteiger partial charge in [-0.05, 0) is 34.1 Å². The van der Waals surface area contributed by atoms with Crippen LogP contribution in [0.15, 0.2) is 41.3 Å². The van der Waals surface area contributed by atoms with Gasteiger partial charge in [0.2, 0.25) is 0 Å². The molecule has 2 saturated heterocycles. The molecular formula is C22H25BrN8O2S. The minimum atomic E-state index is -2.89. The Kier molecular flexibility index (Phi) is 5.90. The molecule has 2 aliphatic heterocycles. The van der Waals surface area contributed by atoms with Crippen LogP contribution in [0.25, 0.3) is 11.3 Å². The summed E-state index contributed by atoms with van der Waals surface area (Å²) in [6, 6.07) is 5.80. The van der Waals surface area contributed by atoms with E-state index >= 15 is 0 Å². The van der Waals surface area contributed by atoms with Crippen LogP contribution in [-0.2, 0) is 16.9 Å². The van der Waals surface area contributed by atoms with Gasteiger partial charge in [-0.3, -0.25) is 20.0 Å². The Morgan fingerprint density at radius 2 is 1.94 bits per heavy atom. The van der Waals surface area contributed by atoms with Gasteiger partial charge in [-0.2, -0.15) is 5.10 Å². The van der Waals surface area contributed by atoms with E-state index in [0.29, 0.717) is 41.8 Å². The van der Waals surface area contributed by atoms with Crippen LogP contribution in [0.2, 0.25) is 0 Å². The third-order valence-corrected chi connectivity index (χ3v) is 8.57. The van der Waals surface area contributed by atoms with Gasteiger partial charge in [-0.25, -0.2) is 13.4 Å². The molecule has 3 aromatic rings. The average Bonchev–Trinajstić information content (AvgIpc) is 3.21. The highest BCUT2D eigenvalue weighted by atomic mass is 79.9. The van der Waals surface area contributed by atoms with Crippen LogP contribution >= 0.6 is 15.9 Å². The largest absolute Gasteiger partial charge is 0.397 e. The van der Waals surface area contributed by atoms with Crippen molar-refractivity contribution in [1.82, 2.24) is 24.6 Å². The third-order valence-electron chi connectivity index (χ3n) is 6.35. The third kappa shape index (κ3) is 4.44. The number of aromatic nitrogens is 4. The summed E-state index contributed by atoms with van der Waals surface area (Å²) in [4.78, 5) is 13.5. The Bertz CT molecular complexity index is 1350. The highest BCUT2D eigenvalue weighted by Gasteiger charge is 2.36. The lowest BCUT2D eigenvalue weighted by Gasteiger charge is -2.47. The molecule has 5 heterocycles. The molecule has 0 bridgehead atoms. The number of halogens is 1. The second-order valence-corrected chi connectivity index (χ2v) is 11.8. The first kappa shape index (κ1) is 22.9. The van der Waals surface area contributed by atoms with Crippen molar-refractivity contribution in [2.45, 2.75) is 6.04 Å². The van der Waals surface area contributed by atoms with Crippen molar-refractivity contribution in [2.75, 3.05) is 48.3 Å². The van der Waals surface area contributed by atoms with Gasteiger partial charge in [-0.1, -0.05) is 0 Å². The molecule has 0 radical (unpaired) electrons. The van der Waals surface area contributed by atoms with Crippen LogP contribution in [0.1, 0.15) is 11.3 Å². The van der Waals surface area contributed by atoms with E-state index in [9.17, 15) is 8.42 Å². The lowest BCUT2D eigenvalue weighted by molar-refractivity contribution is 0.179. The molecule has 0 spiro atoms. The number of hydrogen-bond donors (Lipinski definition) is 2. The standard InChI is InChI=1S/C22H25BrN8O2S/c1-29-11-14(9-27-29)20-8-16(18(24)10-26-20)21(25)19-3-2-17(23)22(28-19)31-12-15(13-31)30-4-6-34(32,33)7-5-30/h2-3,8-11,15,25H,4-7,12-13,24H2,1H3. The molecule has 0 aliphatic carbocycles. The number of nitrogens with one attached hydrogen (secondary N) is 1. The summed E-state index contributed by atoms with van der Waals surface area (Å²) in [7, 11) is -1.05. The highest BCUT2D eigenvalue weighted by Crippen LogP contribution is 2.31. The monoisotopic (exact) mass is 544 g/mol. The maximum Gasteiger partial charge on any atom is 0.152 e. The van der Waals surface area contributed by atoms with Crippen molar-refractivity contribution < 1.29 is 8.42 Å². The number of nitrogens with two attached hydrogens (primary N) is 1. The Morgan fingerprint density at radius 1 is 1.21 bits per heavy atom. The predicted octanol–water partition coefficient (Wildman–Crippen LogP) is 1.56. The van der Waals surface area contributed by atoms with E-state index in [0.717, 1.165) is 28.9 Å². The molecule has 2 fully saturated rings. The van der Waals surface area contributed by atoms with Gasteiger partial charge in [0.25, 0.3) is 0 Å². The van der Waals surface area contributed by atoms with Crippen LogP contribution in [0.3, 0.4) is 0 Å². The molecule has 3 aromatic heterocycles. The van der Waals surface area contributed by atoms with Crippen LogP contribution in [-0.4, -0.2) is 82.5 Å². The number of aryl methyl sites for hydroxylation is 1. The van der Waals surface area contributed by atoms with E-state index < -0.39 is 9.84 Å². The molecular weight excluding hydrogens is 520 g/mol. The maximum absolute atomic E-state index is 11.7. The van der Waals surface area contributed by atoms with Gasteiger partial charge in [0.1, 0.15) is 5.82 Å². The summed E-state index contributed by atoms with van der Waals surface area (Å²) >= 11 is 3.59. The van der Waals surface area contributed by atoms with Gasteiger partial charge in [0, 0.05) is 56.6 Å². The zero-order valence-electron chi connectivity index (χ0n) is 18.6. The summed E-state index contributed by atoms with van der Waals surface area (Å²) in [6.45, 7) is 2.71. The Hall–Kier alpha value is -2.83. The number of sulfone groups is 1. The number of pyridine rings is 2. The topological polar surface area (TPSA) is 134 Å². The lowest BCUT2D eigenvalue weighted by Crippen LogP contribution is -2.62. The summed E-state index contributed by atoms with van der Waals surface area (Å²) in [5.41, 5.74) is 9.42. The molecule has 5 rings (SSSR count). The quantitative estimate of drug-likeness (QED) is 0.462. The zero-order chi connectivity index (χ0) is 24.0. The molecule has 0 atom stereocenters. The van der Waals surface area contributed by atoms with Crippen molar-refractivity contribution in [3.8, 4) is 11.3 Å². The van der Waals surface area contributed by atoms with Gasteiger partial charge >= 0.3 is 0 Å². The summed E-state index contributed by atoms with van der Waals surface area (Å²) in [5, 5.41) is 13.0. The molecule has 178 valence electrons. The zero-order valence-corrected chi connectivity index (χ0v) is 21.0. The molecule has 0 unspecified atom stereocenters. The Morgan fingerprint density at radius 3 is 2.62 bits per heavy atom. The first-order valence-electron chi connectivity index (χ1n) is 10.9. The van der Waals surface area contributed by atoms with Gasteiger partial charge < -0.3 is 10.6 Å². The molecule has 0 amide bonds. The van der Waals surface area contributed by atoms with Crippen LogP contribution < -0.4 is 10.6 Å². The minimum Gasteiger partial charge on any atom is -0.397 e. The minimum absolute atomic E-state index is 0.220. The van der Waals surface area contributed by atoms with Crippen LogP contribution in [0.4, 0.5) is 11.5 Å². The van der Waals surface area contributed by atoms with E-state index in [2.05, 4.69) is 35.8 Å². The number of nitrogen functional groups attached to an aromatic ring is 1. The van der Waals surface area contributed by atoms with E-state index in [1.165, 1.54) is 0 Å². The first-order valence-corrected chi connectivity index (χ1v) is 13.5. The van der Waals surface area contributed by atoms with Crippen LogP contribution in [0.5, 0.6) is 0 Å². The van der Waals surface area contributed by atoms with Gasteiger partial charge in [0.15, 0.2) is 9.84 Å². The van der Waals surface area contributed by atoms with Gasteiger partial charge in [-0.15, -0.1) is 0 Å². The highest BCUT2D eigenvalue weighted by molar-refractivity contribution is 9.10. The molecule has 34 heavy (non-hydrogen) atoms. The SMILES string of the molecule is Cn1cc(-c2cc(C(=N)c3ccc(Br)c(N4CC(N5CCS(=O)(=O)CC5)C4)n3)c(N)cn2)cn1. The number of nitrogens with zero attached hydrogens (tertiary/aromatic N) is 6. The van der Waals surface area contributed by atoms with Crippen molar-refractivity contribution in [1.29, 1.82) is 5.41 Å². The fourth-order valence-electron chi connectivity index (χ4n) is 4.28. The van der Waals surface area contributed by atoms with Crippen molar-refractivity contribution in [2.24, 2.45) is 7.05 Å². The smallest absolute Gasteiger partial charge is 0.152 e. The molecule has 2 aliphatic rings. The van der Waals surface area contributed by atoms with E-state index in [1.807, 2.05) is 19.3 Å². The van der Waals surface area contributed by atoms with Crippen molar-refractivity contribution in [3.63, 3.8) is 0 Å². The molecule has 0 saturated carbocycles. The molecule has 3 N–H and O–H groups in total. The first-order chi connectivity index (χ1) is 16.2. The summed E-state index contributed by atoms with van der Waals surface area (Å²) in [5.74, 6) is 1.22. The van der Waals surface area contributed by atoms with Gasteiger partial charge in [0.05, 0.1) is 51.2 Å². The molecule has 0 aromatic carbocycles. The predicted molar refractivity (Wildman–Crippen MR) is 135 cm³/mol. The lowest BCUT2D eigenvalue weighted by atomic mass is 10.0. The second-order valence-electron chi connectivity index (χ2n) is 8.68. The van der Waals surface area contributed by atoms with E-state index in [1.54, 1.807) is 29.2 Å². The second kappa shape index (κ2) is 8.75. The molecule has 10 nitrogen and oxygen atoms in total.